The first-order valence-corrected chi connectivity index (χ1v) is 5.75. The minimum atomic E-state index is -0.859. The lowest BCUT2D eigenvalue weighted by Crippen LogP contribution is -2.34. The van der Waals surface area contributed by atoms with Crippen molar-refractivity contribution >= 4 is 34.9 Å². The van der Waals surface area contributed by atoms with Crippen LogP contribution in [0.2, 0.25) is 0 Å². The molecule has 0 bridgehead atoms. The number of aliphatic imine (C=N–C) groups is 2. The van der Waals surface area contributed by atoms with E-state index >= 15 is 0 Å². The lowest BCUT2D eigenvalue weighted by molar-refractivity contribution is -0.500. The summed E-state index contributed by atoms with van der Waals surface area (Å²) in [6.45, 7) is 4.00. The van der Waals surface area contributed by atoms with E-state index in [0.29, 0.717) is 0 Å². The molecular weight excluding hydrogens is 226 g/mol. The second-order valence-corrected chi connectivity index (χ2v) is 3.37. The van der Waals surface area contributed by atoms with Crippen molar-refractivity contribution in [1.29, 1.82) is 0 Å². The van der Waals surface area contributed by atoms with Gasteiger partial charge in [-0.3, -0.25) is 10.1 Å². The highest BCUT2D eigenvalue weighted by atomic mass is 35.5. The van der Waals surface area contributed by atoms with Crippen LogP contribution >= 0.6 is 23.4 Å². The van der Waals surface area contributed by atoms with Gasteiger partial charge in [-0.25, -0.2) is 9.98 Å². The fourth-order valence-electron chi connectivity index (χ4n) is 0.777. The topological polar surface area (TPSA) is 67.9 Å². The molecule has 0 N–H and O–H groups in total. The van der Waals surface area contributed by atoms with Crippen LogP contribution in [0.4, 0.5) is 0 Å². The third-order valence-electron chi connectivity index (χ3n) is 1.34. The molecule has 0 aromatic rings. The van der Waals surface area contributed by atoms with Crippen LogP contribution in [0.1, 0.15) is 13.8 Å². The predicted octanol–water partition coefficient (Wildman–Crippen LogP) is 2.03. The summed E-state index contributed by atoms with van der Waals surface area (Å²) < 4.78 is 0. The molecule has 0 amide bonds. The molecule has 0 spiro atoms. The standard InChI is InChI=1S/C5H6ClN3O2S.C2H6/c1-12-4-3(9(10)11)2-7-5(6)8-4;1-2/h2-4H,1H3;1-2H3. The highest BCUT2D eigenvalue weighted by Gasteiger charge is 2.31. The Balaban J connectivity index is 0.000000791. The molecule has 0 aromatic carbocycles. The van der Waals surface area contributed by atoms with E-state index in [1.807, 2.05) is 13.8 Å². The zero-order valence-electron chi connectivity index (χ0n) is 8.18. The van der Waals surface area contributed by atoms with E-state index in [1.165, 1.54) is 18.0 Å². The van der Waals surface area contributed by atoms with Gasteiger partial charge in [-0.2, -0.15) is 0 Å². The van der Waals surface area contributed by atoms with Crippen LogP contribution in [0.15, 0.2) is 9.98 Å². The zero-order chi connectivity index (χ0) is 11.1. The number of hydrogen-bond acceptors (Lipinski definition) is 5. The summed E-state index contributed by atoms with van der Waals surface area (Å²) in [5, 5.41) is 10.0. The Morgan fingerprint density at radius 1 is 1.64 bits per heavy atom. The van der Waals surface area contributed by atoms with E-state index < -0.39 is 16.3 Å². The Kier molecular flexibility index (Phi) is 6.48. The van der Waals surface area contributed by atoms with Crippen molar-refractivity contribution in [2.24, 2.45) is 9.98 Å². The molecule has 5 nitrogen and oxygen atoms in total. The fourth-order valence-corrected chi connectivity index (χ4v) is 1.65. The molecule has 0 aromatic heterocycles. The summed E-state index contributed by atoms with van der Waals surface area (Å²) in [6, 6.07) is -0.859. The molecule has 1 heterocycles. The Morgan fingerprint density at radius 3 is 2.64 bits per heavy atom. The van der Waals surface area contributed by atoms with Gasteiger partial charge < -0.3 is 0 Å². The number of rotatable bonds is 2. The van der Waals surface area contributed by atoms with E-state index in [9.17, 15) is 10.1 Å². The third-order valence-corrected chi connectivity index (χ3v) is 2.41. The predicted molar refractivity (Wildman–Crippen MR) is 61.2 cm³/mol. The fraction of sp³-hybridized carbons (Fsp3) is 0.714. The molecule has 14 heavy (non-hydrogen) atoms. The lowest BCUT2D eigenvalue weighted by atomic mass is 10.3. The van der Waals surface area contributed by atoms with Gasteiger partial charge in [0.15, 0.2) is 5.37 Å². The van der Waals surface area contributed by atoms with E-state index in [4.69, 9.17) is 11.6 Å². The second kappa shape index (κ2) is 6.78. The van der Waals surface area contributed by atoms with Crippen LogP contribution in [-0.4, -0.2) is 34.1 Å². The molecule has 7 heteroatoms. The van der Waals surface area contributed by atoms with Crippen LogP contribution < -0.4 is 0 Å². The number of halogens is 1. The Morgan fingerprint density at radius 2 is 2.21 bits per heavy atom. The van der Waals surface area contributed by atoms with Gasteiger partial charge in [0.2, 0.25) is 5.29 Å². The highest BCUT2D eigenvalue weighted by molar-refractivity contribution is 7.99. The van der Waals surface area contributed by atoms with Crippen LogP contribution in [0, 0.1) is 10.1 Å². The molecule has 0 aliphatic carbocycles. The number of hydrogen-bond donors (Lipinski definition) is 0. The Hall–Kier alpha value is -0.620. The SMILES string of the molecule is CC.CSC1N=C(Cl)N=CC1[N+](=O)[O-]. The summed E-state index contributed by atoms with van der Waals surface area (Å²) in [5.41, 5.74) is 0. The average molecular weight is 238 g/mol. The first kappa shape index (κ1) is 13.4. The van der Waals surface area contributed by atoms with Gasteiger partial charge in [0, 0.05) is 4.92 Å². The van der Waals surface area contributed by atoms with E-state index in [2.05, 4.69) is 9.98 Å². The summed E-state index contributed by atoms with van der Waals surface area (Å²) in [5.74, 6) is 0. The average Bonchev–Trinajstić information content (AvgIpc) is 2.20. The molecule has 1 aliphatic rings. The highest BCUT2D eigenvalue weighted by Crippen LogP contribution is 2.18. The molecule has 80 valence electrons. The van der Waals surface area contributed by atoms with E-state index in [1.54, 1.807) is 6.26 Å². The monoisotopic (exact) mass is 237 g/mol. The molecule has 0 radical (unpaired) electrons. The third kappa shape index (κ3) is 3.63. The maximum absolute atomic E-state index is 10.4. The van der Waals surface area contributed by atoms with Crippen LogP contribution in [0.5, 0.6) is 0 Å². The molecule has 2 unspecified atom stereocenters. The van der Waals surface area contributed by atoms with Crippen molar-refractivity contribution < 1.29 is 4.92 Å². The smallest absolute Gasteiger partial charge is 0.264 e. The summed E-state index contributed by atoms with van der Waals surface area (Å²) in [6.07, 6.45) is 2.96. The Bertz CT molecular complexity index is 257. The van der Waals surface area contributed by atoms with Crippen LogP contribution in [-0.2, 0) is 0 Å². The lowest BCUT2D eigenvalue weighted by Gasteiger charge is -2.14. The number of nitrogens with zero attached hydrogens (tertiary/aromatic N) is 3. The molecule has 1 rings (SSSR count). The Labute approximate surface area is 91.8 Å². The van der Waals surface area contributed by atoms with Gasteiger partial charge in [-0.15, -0.1) is 11.8 Å². The van der Waals surface area contributed by atoms with E-state index in [-0.39, 0.29) is 5.29 Å². The normalized spacial score (nSPS) is 24.7. The molecule has 0 saturated heterocycles. The minimum absolute atomic E-state index is 0.0763. The van der Waals surface area contributed by atoms with Crippen molar-refractivity contribution in [2.75, 3.05) is 6.26 Å². The molecule has 2 atom stereocenters. The number of nitro groups is 1. The molecule has 1 aliphatic heterocycles. The summed E-state index contributed by atoms with van der Waals surface area (Å²) in [4.78, 5) is 17.4. The summed E-state index contributed by atoms with van der Waals surface area (Å²) in [7, 11) is 0. The van der Waals surface area contributed by atoms with Crippen molar-refractivity contribution in [1.82, 2.24) is 0 Å². The largest absolute Gasteiger partial charge is 0.279 e. The van der Waals surface area contributed by atoms with Gasteiger partial charge in [-0.05, 0) is 17.9 Å². The molecule has 0 fully saturated rings. The maximum atomic E-state index is 10.4. The quantitative estimate of drug-likeness (QED) is 0.419. The first-order valence-electron chi connectivity index (χ1n) is 4.09. The van der Waals surface area contributed by atoms with Gasteiger partial charge >= 0.3 is 0 Å². The van der Waals surface area contributed by atoms with Crippen LogP contribution in [0.25, 0.3) is 0 Å². The van der Waals surface area contributed by atoms with Crippen LogP contribution in [0.3, 0.4) is 0 Å². The van der Waals surface area contributed by atoms with Crippen molar-refractivity contribution in [3.63, 3.8) is 0 Å². The van der Waals surface area contributed by atoms with Gasteiger partial charge in [0.05, 0.1) is 6.21 Å². The number of thioether (sulfide) groups is 1. The first-order chi connectivity index (χ1) is 6.65. The zero-order valence-corrected chi connectivity index (χ0v) is 9.75. The summed E-state index contributed by atoms with van der Waals surface area (Å²) >= 11 is 6.76. The van der Waals surface area contributed by atoms with Gasteiger partial charge in [-0.1, -0.05) is 13.8 Å². The van der Waals surface area contributed by atoms with Gasteiger partial charge in [0.1, 0.15) is 0 Å². The van der Waals surface area contributed by atoms with Gasteiger partial charge in [0.25, 0.3) is 6.04 Å². The van der Waals surface area contributed by atoms with Crippen molar-refractivity contribution in [3.05, 3.63) is 10.1 Å². The maximum Gasteiger partial charge on any atom is 0.279 e. The molecular formula is C7H12ClN3O2S. The molecule has 0 saturated carbocycles. The minimum Gasteiger partial charge on any atom is -0.264 e. The van der Waals surface area contributed by atoms with Crippen molar-refractivity contribution in [2.45, 2.75) is 25.3 Å². The van der Waals surface area contributed by atoms with E-state index in [0.717, 1.165) is 0 Å². The number of amidine groups is 1. The van der Waals surface area contributed by atoms with Crippen molar-refractivity contribution in [3.8, 4) is 0 Å². The second-order valence-electron chi connectivity index (χ2n) is 2.08.